The number of aryl methyl sites for hydroxylation is 2. The number of hydrogen-bond donors (Lipinski definition) is 1. The Morgan fingerprint density at radius 1 is 1.12 bits per heavy atom. The number of benzene rings is 2. The van der Waals surface area contributed by atoms with E-state index in [0.717, 1.165) is 28.2 Å². The molecular formula is C20H23NO3. The van der Waals surface area contributed by atoms with Gasteiger partial charge in [0.1, 0.15) is 18.1 Å². The van der Waals surface area contributed by atoms with Crippen LogP contribution < -0.4 is 14.8 Å². The van der Waals surface area contributed by atoms with Gasteiger partial charge in [-0.3, -0.25) is 4.79 Å². The van der Waals surface area contributed by atoms with Gasteiger partial charge in [0.2, 0.25) is 5.91 Å². The molecule has 0 atom stereocenters. The number of nitrogens with one attached hydrogen (secondary N) is 1. The third-order valence-corrected chi connectivity index (χ3v) is 3.55. The number of methoxy groups -OCH3 is 1. The summed E-state index contributed by atoms with van der Waals surface area (Å²) in [6.07, 6.45) is 3.28. The lowest BCUT2D eigenvalue weighted by atomic mass is 10.1. The van der Waals surface area contributed by atoms with E-state index in [-0.39, 0.29) is 5.91 Å². The summed E-state index contributed by atoms with van der Waals surface area (Å²) in [5.41, 5.74) is 3.19. The quantitative estimate of drug-likeness (QED) is 0.626. The Kier molecular flexibility index (Phi) is 6.43. The Morgan fingerprint density at radius 2 is 1.88 bits per heavy atom. The van der Waals surface area contributed by atoms with Gasteiger partial charge in [-0.15, -0.1) is 0 Å². The van der Waals surface area contributed by atoms with Gasteiger partial charge < -0.3 is 14.8 Å². The normalized spacial score (nSPS) is 10.6. The SMILES string of the molecule is COc1ccc(/C=C/C(=O)NCCOc2cc(C)ccc2C)cc1. The smallest absolute Gasteiger partial charge is 0.244 e. The van der Waals surface area contributed by atoms with Crippen molar-refractivity contribution in [1.82, 2.24) is 5.32 Å². The summed E-state index contributed by atoms with van der Waals surface area (Å²) in [5, 5.41) is 2.80. The first-order chi connectivity index (χ1) is 11.6. The van der Waals surface area contributed by atoms with Crippen LogP contribution in [0.1, 0.15) is 16.7 Å². The summed E-state index contributed by atoms with van der Waals surface area (Å²) in [5.74, 6) is 1.51. The predicted molar refractivity (Wildman–Crippen MR) is 96.4 cm³/mol. The van der Waals surface area contributed by atoms with Crippen molar-refractivity contribution >= 4 is 12.0 Å². The van der Waals surface area contributed by atoms with Gasteiger partial charge in [0.25, 0.3) is 0 Å². The highest BCUT2D eigenvalue weighted by molar-refractivity contribution is 5.91. The van der Waals surface area contributed by atoms with Crippen LogP contribution in [0.15, 0.2) is 48.5 Å². The third kappa shape index (κ3) is 5.47. The first-order valence-electron chi connectivity index (χ1n) is 7.88. The van der Waals surface area contributed by atoms with Crippen molar-refractivity contribution in [3.63, 3.8) is 0 Å². The molecule has 0 unspecified atom stereocenters. The molecule has 0 saturated heterocycles. The van der Waals surface area contributed by atoms with Crippen molar-refractivity contribution in [3.8, 4) is 11.5 Å². The van der Waals surface area contributed by atoms with Crippen molar-refractivity contribution < 1.29 is 14.3 Å². The van der Waals surface area contributed by atoms with E-state index in [9.17, 15) is 4.79 Å². The molecule has 0 aliphatic heterocycles. The minimum Gasteiger partial charge on any atom is -0.497 e. The number of amides is 1. The Bertz CT molecular complexity index is 705. The number of hydrogen-bond acceptors (Lipinski definition) is 3. The molecule has 0 bridgehead atoms. The molecule has 0 fully saturated rings. The fourth-order valence-electron chi connectivity index (χ4n) is 2.14. The molecule has 0 heterocycles. The van der Waals surface area contributed by atoms with Gasteiger partial charge in [0.05, 0.1) is 13.7 Å². The van der Waals surface area contributed by atoms with Crippen LogP contribution in [-0.4, -0.2) is 26.2 Å². The average Bonchev–Trinajstić information content (AvgIpc) is 2.60. The lowest BCUT2D eigenvalue weighted by Gasteiger charge is -2.10. The number of carbonyl (C=O) groups is 1. The zero-order chi connectivity index (χ0) is 17.4. The third-order valence-electron chi connectivity index (χ3n) is 3.55. The molecule has 2 rings (SSSR count). The zero-order valence-electron chi connectivity index (χ0n) is 14.3. The van der Waals surface area contributed by atoms with Crippen LogP contribution in [-0.2, 0) is 4.79 Å². The van der Waals surface area contributed by atoms with Crippen molar-refractivity contribution in [2.24, 2.45) is 0 Å². The lowest BCUT2D eigenvalue weighted by molar-refractivity contribution is -0.116. The van der Waals surface area contributed by atoms with E-state index >= 15 is 0 Å². The number of ether oxygens (including phenoxy) is 2. The predicted octanol–water partition coefficient (Wildman–Crippen LogP) is 3.52. The van der Waals surface area contributed by atoms with Crippen LogP contribution in [0.5, 0.6) is 11.5 Å². The Morgan fingerprint density at radius 3 is 2.58 bits per heavy atom. The second-order valence-corrected chi connectivity index (χ2v) is 5.51. The topological polar surface area (TPSA) is 47.6 Å². The summed E-state index contributed by atoms with van der Waals surface area (Å²) < 4.78 is 10.8. The Balaban J connectivity index is 1.74. The average molecular weight is 325 g/mol. The van der Waals surface area contributed by atoms with E-state index in [0.29, 0.717) is 13.2 Å². The molecular weight excluding hydrogens is 302 g/mol. The number of rotatable bonds is 7. The van der Waals surface area contributed by atoms with Gasteiger partial charge in [0, 0.05) is 6.08 Å². The van der Waals surface area contributed by atoms with Gasteiger partial charge in [-0.2, -0.15) is 0 Å². The molecule has 0 saturated carbocycles. The van der Waals surface area contributed by atoms with Gasteiger partial charge in [-0.25, -0.2) is 0 Å². The minimum absolute atomic E-state index is 0.143. The second-order valence-electron chi connectivity index (χ2n) is 5.51. The highest BCUT2D eigenvalue weighted by atomic mass is 16.5. The molecule has 0 radical (unpaired) electrons. The standard InChI is InChI=1S/C20H23NO3/c1-15-4-5-16(2)19(14-15)24-13-12-21-20(22)11-8-17-6-9-18(23-3)10-7-17/h4-11,14H,12-13H2,1-3H3,(H,21,22)/b11-8+. The maximum absolute atomic E-state index is 11.8. The molecule has 24 heavy (non-hydrogen) atoms. The van der Waals surface area contributed by atoms with E-state index in [2.05, 4.69) is 5.32 Å². The Hall–Kier alpha value is -2.75. The first kappa shape index (κ1) is 17.6. The van der Waals surface area contributed by atoms with Gasteiger partial charge in [0.15, 0.2) is 0 Å². The summed E-state index contributed by atoms with van der Waals surface area (Å²) in [6.45, 7) is 4.93. The molecule has 0 aromatic heterocycles. The molecule has 2 aromatic rings. The van der Waals surface area contributed by atoms with Crippen LogP contribution in [0.4, 0.5) is 0 Å². The van der Waals surface area contributed by atoms with Crippen molar-refractivity contribution in [2.75, 3.05) is 20.3 Å². The molecule has 4 heteroatoms. The lowest BCUT2D eigenvalue weighted by Crippen LogP contribution is -2.26. The van der Waals surface area contributed by atoms with Crippen LogP contribution in [0, 0.1) is 13.8 Å². The molecule has 2 aromatic carbocycles. The van der Waals surface area contributed by atoms with Crippen molar-refractivity contribution in [2.45, 2.75) is 13.8 Å². The van der Waals surface area contributed by atoms with Crippen LogP contribution >= 0.6 is 0 Å². The molecule has 0 aliphatic carbocycles. The molecule has 1 N–H and O–H groups in total. The van der Waals surface area contributed by atoms with Gasteiger partial charge >= 0.3 is 0 Å². The number of carbonyl (C=O) groups excluding carboxylic acids is 1. The van der Waals surface area contributed by atoms with Crippen LogP contribution in [0.2, 0.25) is 0 Å². The minimum atomic E-state index is -0.143. The first-order valence-corrected chi connectivity index (χ1v) is 7.88. The zero-order valence-corrected chi connectivity index (χ0v) is 14.3. The maximum Gasteiger partial charge on any atom is 0.244 e. The van der Waals surface area contributed by atoms with E-state index in [1.807, 2.05) is 56.3 Å². The summed E-state index contributed by atoms with van der Waals surface area (Å²) in [4.78, 5) is 11.8. The maximum atomic E-state index is 11.8. The van der Waals surface area contributed by atoms with Gasteiger partial charge in [-0.1, -0.05) is 24.3 Å². The fourth-order valence-corrected chi connectivity index (χ4v) is 2.14. The molecule has 0 spiro atoms. The summed E-state index contributed by atoms with van der Waals surface area (Å²) in [6, 6.07) is 13.6. The van der Waals surface area contributed by atoms with Gasteiger partial charge in [-0.05, 0) is 54.8 Å². The Labute approximate surface area is 143 Å². The second kappa shape index (κ2) is 8.77. The molecule has 0 aliphatic rings. The fraction of sp³-hybridized carbons (Fsp3) is 0.250. The summed E-state index contributed by atoms with van der Waals surface area (Å²) in [7, 11) is 1.62. The van der Waals surface area contributed by atoms with E-state index in [4.69, 9.17) is 9.47 Å². The molecule has 1 amide bonds. The van der Waals surface area contributed by atoms with Crippen molar-refractivity contribution in [3.05, 3.63) is 65.2 Å². The molecule has 4 nitrogen and oxygen atoms in total. The largest absolute Gasteiger partial charge is 0.497 e. The highest BCUT2D eigenvalue weighted by Gasteiger charge is 2.00. The van der Waals surface area contributed by atoms with Crippen LogP contribution in [0.25, 0.3) is 6.08 Å². The molecule has 126 valence electrons. The van der Waals surface area contributed by atoms with E-state index < -0.39 is 0 Å². The monoisotopic (exact) mass is 325 g/mol. The van der Waals surface area contributed by atoms with Crippen LogP contribution in [0.3, 0.4) is 0 Å². The summed E-state index contributed by atoms with van der Waals surface area (Å²) >= 11 is 0. The van der Waals surface area contributed by atoms with Crippen molar-refractivity contribution in [1.29, 1.82) is 0 Å². The van der Waals surface area contributed by atoms with E-state index in [1.54, 1.807) is 13.2 Å². The van der Waals surface area contributed by atoms with E-state index in [1.165, 1.54) is 6.08 Å². The highest BCUT2D eigenvalue weighted by Crippen LogP contribution is 2.18.